The van der Waals surface area contributed by atoms with Gasteiger partial charge in [0.25, 0.3) is 0 Å². The minimum Gasteiger partial charge on any atom is -0.465 e. The van der Waals surface area contributed by atoms with Crippen LogP contribution in [-0.4, -0.2) is 12.6 Å². The number of esters is 1. The lowest BCUT2D eigenvalue weighted by Gasteiger charge is -2.24. The molecule has 0 aliphatic carbocycles. The largest absolute Gasteiger partial charge is 0.465 e. The molecule has 0 saturated carbocycles. The second-order valence-electron chi connectivity index (χ2n) is 7.88. The molecule has 0 radical (unpaired) electrons. The normalized spacial score (nSPS) is 13.4. The molecule has 23 heavy (non-hydrogen) atoms. The summed E-state index contributed by atoms with van der Waals surface area (Å²) in [5.41, 5.74) is 0.165. The van der Waals surface area contributed by atoms with Crippen molar-refractivity contribution in [3.05, 3.63) is 12.2 Å². The van der Waals surface area contributed by atoms with E-state index in [2.05, 4.69) is 46.8 Å². The molecule has 0 aromatic carbocycles. The fraction of sp³-hybridized carbons (Fsp3) is 0.857. The predicted molar refractivity (Wildman–Crippen MR) is 101 cm³/mol. The summed E-state index contributed by atoms with van der Waals surface area (Å²) < 4.78 is 5.50. The van der Waals surface area contributed by atoms with Gasteiger partial charge in [-0.1, -0.05) is 72.5 Å². The molecule has 0 fully saturated rings. The van der Waals surface area contributed by atoms with Gasteiger partial charge in [0.15, 0.2) is 0 Å². The average Bonchev–Trinajstić information content (AvgIpc) is 2.48. The van der Waals surface area contributed by atoms with E-state index in [1.54, 1.807) is 0 Å². The molecule has 2 nitrogen and oxygen atoms in total. The Bertz CT molecular complexity index is 312. The second-order valence-corrected chi connectivity index (χ2v) is 7.88. The maximum absolute atomic E-state index is 12.3. The SMILES string of the molecule is CCCCCC=CCCC(CC(C)(C)C)C(=O)OCCCCC. The number of hydrogen-bond donors (Lipinski definition) is 0. The van der Waals surface area contributed by atoms with Crippen LogP contribution >= 0.6 is 0 Å². The summed E-state index contributed by atoms with van der Waals surface area (Å²) in [5.74, 6) is 0.0485. The highest BCUT2D eigenvalue weighted by molar-refractivity contribution is 5.72. The zero-order valence-electron chi connectivity index (χ0n) is 16.3. The number of hydrogen-bond acceptors (Lipinski definition) is 2. The molecular weight excluding hydrogens is 284 g/mol. The molecular formula is C21H40O2. The van der Waals surface area contributed by atoms with E-state index in [0.717, 1.165) is 38.5 Å². The van der Waals surface area contributed by atoms with Crippen LogP contribution in [-0.2, 0) is 9.53 Å². The Morgan fingerprint density at radius 1 is 0.957 bits per heavy atom. The van der Waals surface area contributed by atoms with E-state index < -0.39 is 0 Å². The van der Waals surface area contributed by atoms with Gasteiger partial charge in [0.05, 0.1) is 12.5 Å². The molecule has 136 valence electrons. The van der Waals surface area contributed by atoms with Gasteiger partial charge < -0.3 is 4.74 Å². The fourth-order valence-electron chi connectivity index (χ4n) is 2.73. The third-order valence-electron chi connectivity index (χ3n) is 4.01. The monoisotopic (exact) mass is 324 g/mol. The second kappa shape index (κ2) is 13.6. The lowest BCUT2D eigenvalue weighted by atomic mass is 9.82. The number of ether oxygens (including phenoxy) is 1. The van der Waals surface area contributed by atoms with Gasteiger partial charge in [0, 0.05) is 0 Å². The molecule has 0 amide bonds. The maximum atomic E-state index is 12.3. The van der Waals surface area contributed by atoms with Crippen molar-refractivity contribution in [1.29, 1.82) is 0 Å². The van der Waals surface area contributed by atoms with Crippen LogP contribution in [0.4, 0.5) is 0 Å². The molecule has 0 aliphatic rings. The van der Waals surface area contributed by atoms with Crippen molar-refractivity contribution in [2.24, 2.45) is 11.3 Å². The number of carbonyl (C=O) groups excluding carboxylic acids is 1. The molecule has 0 bridgehead atoms. The minimum atomic E-state index is 0.00964. The highest BCUT2D eigenvalue weighted by Gasteiger charge is 2.25. The minimum absolute atomic E-state index is 0.00964. The van der Waals surface area contributed by atoms with Gasteiger partial charge in [-0.15, -0.1) is 0 Å². The van der Waals surface area contributed by atoms with Crippen molar-refractivity contribution in [1.82, 2.24) is 0 Å². The lowest BCUT2D eigenvalue weighted by molar-refractivity contribution is -0.150. The van der Waals surface area contributed by atoms with Gasteiger partial charge >= 0.3 is 5.97 Å². The Morgan fingerprint density at radius 2 is 1.57 bits per heavy atom. The summed E-state index contributed by atoms with van der Waals surface area (Å²) in [4.78, 5) is 12.3. The van der Waals surface area contributed by atoms with Crippen LogP contribution in [0.5, 0.6) is 0 Å². The molecule has 0 heterocycles. The van der Waals surface area contributed by atoms with Gasteiger partial charge in [-0.2, -0.15) is 0 Å². The van der Waals surface area contributed by atoms with Gasteiger partial charge in [-0.3, -0.25) is 4.79 Å². The fourth-order valence-corrected chi connectivity index (χ4v) is 2.73. The summed E-state index contributed by atoms with van der Waals surface area (Å²) in [7, 11) is 0. The molecule has 0 N–H and O–H groups in total. The van der Waals surface area contributed by atoms with E-state index in [0.29, 0.717) is 6.61 Å². The topological polar surface area (TPSA) is 26.3 Å². The molecule has 0 rings (SSSR count). The molecule has 0 aromatic heterocycles. The summed E-state index contributed by atoms with van der Waals surface area (Å²) in [5, 5.41) is 0. The first kappa shape index (κ1) is 22.2. The van der Waals surface area contributed by atoms with Crippen LogP contribution in [0.15, 0.2) is 12.2 Å². The van der Waals surface area contributed by atoms with Crippen molar-refractivity contribution >= 4 is 5.97 Å². The summed E-state index contributed by atoms with van der Waals surface area (Å²) in [6, 6.07) is 0. The standard InChI is InChI=1S/C21H40O2/c1-6-8-10-11-12-13-14-16-19(18-21(3,4)5)20(22)23-17-15-9-7-2/h12-13,19H,6-11,14-18H2,1-5H3. The van der Waals surface area contributed by atoms with Gasteiger partial charge in [0.1, 0.15) is 0 Å². The maximum Gasteiger partial charge on any atom is 0.308 e. The zero-order chi connectivity index (χ0) is 17.6. The lowest BCUT2D eigenvalue weighted by Crippen LogP contribution is -2.23. The molecule has 1 atom stereocenters. The van der Waals surface area contributed by atoms with Crippen LogP contribution in [0.25, 0.3) is 0 Å². The quantitative estimate of drug-likeness (QED) is 0.214. The summed E-state index contributed by atoms with van der Waals surface area (Å²) in [6.45, 7) is 11.6. The van der Waals surface area contributed by atoms with E-state index in [1.807, 2.05) is 0 Å². The van der Waals surface area contributed by atoms with Crippen molar-refractivity contribution in [3.8, 4) is 0 Å². The first-order valence-electron chi connectivity index (χ1n) is 9.72. The first-order chi connectivity index (χ1) is 10.9. The average molecular weight is 325 g/mol. The third-order valence-corrected chi connectivity index (χ3v) is 4.01. The highest BCUT2D eigenvalue weighted by atomic mass is 16.5. The molecule has 0 aliphatic heterocycles. The number of rotatable bonds is 13. The van der Waals surface area contributed by atoms with Crippen LogP contribution < -0.4 is 0 Å². The van der Waals surface area contributed by atoms with E-state index in [9.17, 15) is 4.79 Å². The number of allylic oxidation sites excluding steroid dienone is 2. The Balaban J connectivity index is 4.21. The van der Waals surface area contributed by atoms with Crippen molar-refractivity contribution in [3.63, 3.8) is 0 Å². The summed E-state index contributed by atoms with van der Waals surface area (Å²) >= 11 is 0. The summed E-state index contributed by atoms with van der Waals surface area (Å²) in [6.07, 6.45) is 15.6. The third kappa shape index (κ3) is 14.5. The van der Waals surface area contributed by atoms with Crippen LogP contribution in [0.1, 0.15) is 98.8 Å². The molecule has 0 saturated heterocycles. The number of unbranched alkanes of at least 4 members (excludes halogenated alkanes) is 5. The smallest absolute Gasteiger partial charge is 0.308 e. The molecule has 0 aromatic rings. The van der Waals surface area contributed by atoms with Crippen LogP contribution in [0, 0.1) is 11.3 Å². The number of carbonyl (C=O) groups is 1. The molecule has 1 unspecified atom stereocenters. The first-order valence-corrected chi connectivity index (χ1v) is 9.72. The van der Waals surface area contributed by atoms with Gasteiger partial charge in [0.2, 0.25) is 0 Å². The Morgan fingerprint density at radius 3 is 2.17 bits per heavy atom. The van der Waals surface area contributed by atoms with Crippen LogP contribution in [0.2, 0.25) is 0 Å². The van der Waals surface area contributed by atoms with E-state index in [-0.39, 0.29) is 17.3 Å². The van der Waals surface area contributed by atoms with Crippen molar-refractivity contribution in [2.75, 3.05) is 6.61 Å². The molecule has 0 spiro atoms. The zero-order valence-corrected chi connectivity index (χ0v) is 16.3. The van der Waals surface area contributed by atoms with Gasteiger partial charge in [-0.25, -0.2) is 0 Å². The van der Waals surface area contributed by atoms with Crippen LogP contribution in [0.3, 0.4) is 0 Å². The van der Waals surface area contributed by atoms with Crippen molar-refractivity contribution in [2.45, 2.75) is 98.8 Å². The van der Waals surface area contributed by atoms with E-state index in [1.165, 1.54) is 25.7 Å². The predicted octanol–water partition coefficient (Wildman–Crippen LogP) is 6.69. The Labute approximate surface area is 145 Å². The highest BCUT2D eigenvalue weighted by Crippen LogP contribution is 2.28. The molecule has 2 heteroatoms. The van der Waals surface area contributed by atoms with E-state index in [4.69, 9.17) is 4.74 Å². The van der Waals surface area contributed by atoms with Gasteiger partial charge in [-0.05, 0) is 43.9 Å². The Hall–Kier alpha value is -0.790. The van der Waals surface area contributed by atoms with E-state index >= 15 is 0 Å². The van der Waals surface area contributed by atoms with Crippen molar-refractivity contribution < 1.29 is 9.53 Å². The Kier molecular flexibility index (Phi) is 13.2.